The van der Waals surface area contributed by atoms with Crippen LogP contribution in [0, 0.1) is 11.3 Å². The van der Waals surface area contributed by atoms with Crippen molar-refractivity contribution in [3.8, 4) is 0 Å². The molecule has 5 N–H and O–H groups in total. The molecule has 8 heteroatoms. The molecule has 2 fully saturated rings. The van der Waals surface area contributed by atoms with Gasteiger partial charge in [0.15, 0.2) is 0 Å². The second-order valence-corrected chi connectivity index (χ2v) is 8.84. The van der Waals surface area contributed by atoms with E-state index in [0.29, 0.717) is 22.7 Å². The van der Waals surface area contributed by atoms with E-state index in [1.165, 1.54) is 0 Å². The zero-order valence-corrected chi connectivity index (χ0v) is 18.3. The first-order valence-corrected chi connectivity index (χ1v) is 11.1. The highest BCUT2D eigenvalue weighted by Gasteiger charge is 2.59. The average molecular weight is 435 g/mol. The Morgan fingerprint density at radius 3 is 2.40 bits per heavy atom. The van der Waals surface area contributed by atoms with Crippen LogP contribution < -0.4 is 21.7 Å². The van der Waals surface area contributed by atoms with Crippen LogP contribution in [0.4, 0.5) is 5.69 Å². The number of anilines is 1. The van der Waals surface area contributed by atoms with Crippen LogP contribution >= 0.6 is 11.6 Å². The smallest absolute Gasteiger partial charge is 0.251 e. The number of hydrogen-bond donors (Lipinski definition) is 4. The number of halogens is 1. The van der Waals surface area contributed by atoms with Crippen molar-refractivity contribution >= 4 is 35.0 Å². The van der Waals surface area contributed by atoms with Gasteiger partial charge in [0.1, 0.15) is 0 Å². The van der Waals surface area contributed by atoms with Crippen molar-refractivity contribution in [2.75, 3.05) is 12.3 Å². The summed E-state index contributed by atoms with van der Waals surface area (Å²) in [5.41, 5.74) is 6.53. The third kappa shape index (κ3) is 4.41. The predicted octanol–water partition coefficient (Wildman–Crippen LogP) is 2.63. The Kier molecular flexibility index (Phi) is 6.91. The van der Waals surface area contributed by atoms with Crippen LogP contribution in [0.5, 0.6) is 0 Å². The normalized spacial score (nSPS) is 21.5. The van der Waals surface area contributed by atoms with Gasteiger partial charge in [0.25, 0.3) is 5.91 Å². The Morgan fingerprint density at radius 2 is 1.83 bits per heavy atom. The summed E-state index contributed by atoms with van der Waals surface area (Å²) in [6.07, 6.45) is 5.21. The van der Waals surface area contributed by atoms with Crippen molar-refractivity contribution in [3.05, 3.63) is 28.8 Å². The number of nitrogen functional groups attached to an aromatic ring is 1. The summed E-state index contributed by atoms with van der Waals surface area (Å²) in [6, 6.07) is 4.88. The summed E-state index contributed by atoms with van der Waals surface area (Å²) >= 11 is 6.02. The molecule has 3 rings (SSSR count). The van der Waals surface area contributed by atoms with Crippen LogP contribution in [-0.2, 0) is 9.59 Å². The third-order valence-electron chi connectivity index (χ3n) is 6.83. The highest BCUT2D eigenvalue weighted by molar-refractivity contribution is 6.33. The Bertz CT molecular complexity index is 821. The van der Waals surface area contributed by atoms with Crippen LogP contribution in [0.1, 0.15) is 62.7 Å². The molecule has 2 saturated carbocycles. The molecule has 164 valence electrons. The van der Waals surface area contributed by atoms with E-state index in [9.17, 15) is 14.4 Å². The molecular formula is C22H31ClN4O3. The van der Waals surface area contributed by atoms with Gasteiger partial charge in [-0.3, -0.25) is 14.4 Å². The molecule has 0 radical (unpaired) electrons. The van der Waals surface area contributed by atoms with Crippen molar-refractivity contribution in [1.82, 2.24) is 16.0 Å². The molecule has 1 aromatic carbocycles. The number of carbonyl (C=O) groups excluding carboxylic acids is 3. The molecular weight excluding hydrogens is 404 g/mol. The molecule has 30 heavy (non-hydrogen) atoms. The highest BCUT2D eigenvalue weighted by atomic mass is 35.5. The SMILES string of the molecule is CCC(CC)C(=O)NCC(=O)NC1CC(NC(=O)c2ccc(N)c(Cl)c2)C12CCC2. The van der Waals surface area contributed by atoms with Gasteiger partial charge in [0.05, 0.1) is 17.3 Å². The minimum absolute atomic E-state index is 0.0110. The number of nitrogens with one attached hydrogen (secondary N) is 3. The molecule has 2 atom stereocenters. The van der Waals surface area contributed by atoms with Gasteiger partial charge >= 0.3 is 0 Å². The fraction of sp³-hybridized carbons (Fsp3) is 0.591. The van der Waals surface area contributed by atoms with Gasteiger partial charge in [-0.15, -0.1) is 0 Å². The quantitative estimate of drug-likeness (QED) is 0.471. The number of benzene rings is 1. The maximum atomic E-state index is 12.6. The van der Waals surface area contributed by atoms with Gasteiger partial charge in [-0.25, -0.2) is 0 Å². The number of carbonyl (C=O) groups is 3. The molecule has 0 aliphatic heterocycles. The summed E-state index contributed by atoms with van der Waals surface area (Å²) in [6.45, 7) is 3.92. The van der Waals surface area contributed by atoms with Gasteiger partial charge < -0.3 is 21.7 Å². The zero-order chi connectivity index (χ0) is 21.9. The number of nitrogens with two attached hydrogens (primary N) is 1. The third-order valence-corrected chi connectivity index (χ3v) is 7.15. The van der Waals surface area contributed by atoms with E-state index in [1.54, 1.807) is 18.2 Å². The van der Waals surface area contributed by atoms with E-state index in [0.717, 1.165) is 32.1 Å². The molecule has 1 spiro atoms. The lowest BCUT2D eigenvalue weighted by Crippen LogP contribution is -2.71. The summed E-state index contributed by atoms with van der Waals surface area (Å²) < 4.78 is 0. The lowest BCUT2D eigenvalue weighted by Gasteiger charge is -2.61. The Balaban J connectivity index is 1.52. The first-order chi connectivity index (χ1) is 14.3. The van der Waals surface area contributed by atoms with Crippen LogP contribution in [0.2, 0.25) is 5.02 Å². The lowest BCUT2D eigenvalue weighted by molar-refractivity contribution is -0.132. The van der Waals surface area contributed by atoms with Gasteiger partial charge in [0.2, 0.25) is 11.8 Å². The minimum atomic E-state index is -0.185. The van der Waals surface area contributed by atoms with Crippen molar-refractivity contribution < 1.29 is 14.4 Å². The maximum absolute atomic E-state index is 12.6. The monoisotopic (exact) mass is 434 g/mol. The first-order valence-electron chi connectivity index (χ1n) is 10.7. The van der Waals surface area contributed by atoms with Gasteiger partial charge in [-0.1, -0.05) is 31.9 Å². The van der Waals surface area contributed by atoms with Crippen LogP contribution in [0.25, 0.3) is 0 Å². The van der Waals surface area contributed by atoms with Gasteiger partial charge in [-0.05, 0) is 50.3 Å². The molecule has 2 aliphatic carbocycles. The zero-order valence-electron chi connectivity index (χ0n) is 17.6. The van der Waals surface area contributed by atoms with E-state index < -0.39 is 0 Å². The molecule has 0 bridgehead atoms. The van der Waals surface area contributed by atoms with E-state index in [-0.39, 0.29) is 47.7 Å². The van der Waals surface area contributed by atoms with Crippen LogP contribution in [0.3, 0.4) is 0 Å². The molecule has 0 aromatic heterocycles. The fourth-order valence-corrected chi connectivity index (χ4v) is 4.78. The summed E-state index contributed by atoms with van der Waals surface area (Å²) in [5.74, 6) is -0.494. The number of amides is 3. The molecule has 7 nitrogen and oxygen atoms in total. The summed E-state index contributed by atoms with van der Waals surface area (Å²) in [5, 5.41) is 9.24. The second-order valence-electron chi connectivity index (χ2n) is 8.44. The number of rotatable bonds is 8. The van der Waals surface area contributed by atoms with Crippen molar-refractivity contribution in [3.63, 3.8) is 0 Å². The van der Waals surface area contributed by atoms with E-state index in [1.807, 2.05) is 13.8 Å². The Morgan fingerprint density at radius 1 is 1.17 bits per heavy atom. The summed E-state index contributed by atoms with van der Waals surface area (Å²) in [7, 11) is 0. The topological polar surface area (TPSA) is 113 Å². The lowest BCUT2D eigenvalue weighted by atomic mass is 9.49. The second kappa shape index (κ2) is 9.25. The van der Waals surface area contributed by atoms with Crippen LogP contribution in [0.15, 0.2) is 18.2 Å². The van der Waals surface area contributed by atoms with E-state index in [2.05, 4.69) is 16.0 Å². The largest absolute Gasteiger partial charge is 0.398 e. The number of hydrogen-bond acceptors (Lipinski definition) is 4. The van der Waals surface area contributed by atoms with Crippen molar-refractivity contribution in [2.24, 2.45) is 11.3 Å². The van der Waals surface area contributed by atoms with E-state index >= 15 is 0 Å². The molecule has 1 aromatic rings. The minimum Gasteiger partial charge on any atom is -0.398 e. The van der Waals surface area contributed by atoms with Crippen molar-refractivity contribution in [2.45, 2.75) is 64.5 Å². The molecule has 0 heterocycles. The van der Waals surface area contributed by atoms with Crippen LogP contribution in [-0.4, -0.2) is 36.3 Å². The Labute approximate surface area is 182 Å². The standard InChI is InChI=1S/C22H31ClN4O3/c1-3-13(4-2)20(29)25-12-19(28)26-17-11-18(22(17)8-5-9-22)27-21(30)14-6-7-16(24)15(23)10-14/h6-7,10,13,17-18H,3-5,8-9,11-12,24H2,1-2H3,(H,25,29)(H,26,28)(H,27,30). The summed E-state index contributed by atoms with van der Waals surface area (Å²) in [4.78, 5) is 37.0. The molecule has 3 amide bonds. The molecule has 2 unspecified atom stereocenters. The Hall–Kier alpha value is -2.28. The van der Waals surface area contributed by atoms with Gasteiger partial charge in [0, 0.05) is 29.0 Å². The first kappa shape index (κ1) is 22.4. The van der Waals surface area contributed by atoms with Gasteiger partial charge in [-0.2, -0.15) is 0 Å². The predicted molar refractivity (Wildman–Crippen MR) is 117 cm³/mol. The molecule has 2 aliphatic rings. The molecule has 0 saturated heterocycles. The maximum Gasteiger partial charge on any atom is 0.251 e. The highest BCUT2D eigenvalue weighted by Crippen LogP contribution is 2.56. The van der Waals surface area contributed by atoms with E-state index in [4.69, 9.17) is 17.3 Å². The average Bonchev–Trinajstić information content (AvgIpc) is 2.67. The van der Waals surface area contributed by atoms with Crippen molar-refractivity contribution in [1.29, 1.82) is 0 Å². The fourth-order valence-electron chi connectivity index (χ4n) is 4.60.